The van der Waals surface area contributed by atoms with Gasteiger partial charge in [-0.2, -0.15) is 0 Å². The Balaban J connectivity index is 1.70. The highest BCUT2D eigenvalue weighted by molar-refractivity contribution is 7.13. The molecule has 3 rings (SSSR count). The van der Waals surface area contributed by atoms with E-state index in [4.69, 9.17) is 13.9 Å². The summed E-state index contributed by atoms with van der Waals surface area (Å²) in [5.74, 6) is 1.18. The lowest BCUT2D eigenvalue weighted by atomic mass is 10.1. The predicted molar refractivity (Wildman–Crippen MR) is 90.5 cm³/mol. The third-order valence-corrected chi connectivity index (χ3v) is 4.22. The van der Waals surface area contributed by atoms with E-state index in [2.05, 4.69) is 10.3 Å². The van der Waals surface area contributed by atoms with Crippen LogP contribution in [-0.4, -0.2) is 25.1 Å². The van der Waals surface area contributed by atoms with E-state index in [1.54, 1.807) is 29.5 Å². The highest BCUT2D eigenvalue weighted by Crippen LogP contribution is 2.30. The number of methoxy groups -OCH3 is 2. The molecule has 2 aromatic heterocycles. The van der Waals surface area contributed by atoms with Crippen molar-refractivity contribution >= 4 is 17.2 Å². The molecule has 7 heteroatoms. The number of oxazole rings is 1. The summed E-state index contributed by atoms with van der Waals surface area (Å²) in [6, 6.07) is 9.01. The van der Waals surface area contributed by atoms with Gasteiger partial charge in [0.05, 0.1) is 36.9 Å². The minimum absolute atomic E-state index is 0.258. The van der Waals surface area contributed by atoms with Crippen molar-refractivity contribution in [3.63, 3.8) is 0 Å². The van der Waals surface area contributed by atoms with Gasteiger partial charge in [0.2, 0.25) is 5.89 Å². The first-order valence-corrected chi connectivity index (χ1v) is 8.08. The van der Waals surface area contributed by atoms with Crippen LogP contribution in [0.2, 0.25) is 0 Å². The molecule has 0 atom stereocenters. The number of carbonyl (C=O) groups is 1. The summed E-state index contributed by atoms with van der Waals surface area (Å²) < 4.78 is 15.9. The second kappa shape index (κ2) is 7.18. The van der Waals surface area contributed by atoms with Crippen LogP contribution in [0.3, 0.4) is 0 Å². The zero-order valence-electron chi connectivity index (χ0n) is 13.2. The minimum Gasteiger partial charge on any atom is -0.493 e. The molecule has 3 aromatic rings. The zero-order chi connectivity index (χ0) is 16.9. The summed E-state index contributed by atoms with van der Waals surface area (Å²) in [5.41, 5.74) is 1.05. The van der Waals surface area contributed by atoms with E-state index in [1.807, 2.05) is 17.5 Å². The molecule has 0 radical (unpaired) electrons. The molecular weight excluding hydrogens is 328 g/mol. The Morgan fingerprint density at radius 1 is 1.25 bits per heavy atom. The zero-order valence-corrected chi connectivity index (χ0v) is 14.1. The van der Waals surface area contributed by atoms with Crippen LogP contribution in [0.1, 0.15) is 16.1 Å². The van der Waals surface area contributed by atoms with Crippen LogP contribution in [0, 0.1) is 0 Å². The van der Waals surface area contributed by atoms with E-state index in [0.29, 0.717) is 28.6 Å². The van der Waals surface area contributed by atoms with Crippen LogP contribution < -0.4 is 14.8 Å². The molecule has 0 spiro atoms. The predicted octanol–water partition coefficient (Wildman–Crippen LogP) is 3.35. The molecule has 0 aliphatic heterocycles. The van der Waals surface area contributed by atoms with Crippen molar-refractivity contribution in [1.29, 1.82) is 0 Å². The number of hydrogen-bond acceptors (Lipinski definition) is 6. The van der Waals surface area contributed by atoms with E-state index < -0.39 is 0 Å². The topological polar surface area (TPSA) is 73.6 Å². The van der Waals surface area contributed by atoms with Gasteiger partial charge in [-0.05, 0) is 23.6 Å². The number of nitrogens with one attached hydrogen (secondary N) is 1. The van der Waals surface area contributed by atoms with Crippen molar-refractivity contribution < 1.29 is 18.7 Å². The third-order valence-electron chi connectivity index (χ3n) is 3.36. The maximum Gasteiger partial charge on any atom is 0.255 e. The summed E-state index contributed by atoms with van der Waals surface area (Å²) in [5, 5.41) is 4.76. The Kier molecular flexibility index (Phi) is 4.81. The Morgan fingerprint density at radius 2 is 2.12 bits per heavy atom. The second-order valence-electron chi connectivity index (χ2n) is 4.85. The Morgan fingerprint density at radius 3 is 2.83 bits per heavy atom. The number of aromatic nitrogens is 1. The van der Waals surface area contributed by atoms with Crippen molar-refractivity contribution in [2.75, 3.05) is 14.2 Å². The van der Waals surface area contributed by atoms with Crippen molar-refractivity contribution in [3.05, 3.63) is 53.2 Å². The molecule has 0 aliphatic rings. The lowest BCUT2D eigenvalue weighted by Gasteiger charge is -2.12. The molecule has 6 nitrogen and oxygen atoms in total. The lowest BCUT2D eigenvalue weighted by molar-refractivity contribution is 0.0946. The standard InChI is InChI=1S/C17H16N2O4S/c1-21-13-6-3-5-12(15(13)22-2)16(20)18-9-11-10-23-17(19-11)14-7-4-8-24-14/h3-8,10H,9H2,1-2H3,(H,18,20). The van der Waals surface area contributed by atoms with Crippen LogP contribution >= 0.6 is 11.3 Å². The van der Waals surface area contributed by atoms with Gasteiger partial charge < -0.3 is 19.2 Å². The Bertz CT molecular complexity index is 827. The molecule has 1 N–H and O–H groups in total. The van der Waals surface area contributed by atoms with Crippen molar-refractivity contribution in [1.82, 2.24) is 10.3 Å². The van der Waals surface area contributed by atoms with Gasteiger partial charge in [0.25, 0.3) is 5.91 Å². The molecule has 1 amide bonds. The monoisotopic (exact) mass is 344 g/mol. The van der Waals surface area contributed by atoms with Crippen molar-refractivity contribution in [3.8, 4) is 22.3 Å². The first-order chi connectivity index (χ1) is 11.7. The number of rotatable bonds is 6. The fourth-order valence-corrected chi connectivity index (χ4v) is 2.89. The summed E-state index contributed by atoms with van der Waals surface area (Å²) in [6.07, 6.45) is 1.54. The summed E-state index contributed by atoms with van der Waals surface area (Å²) in [4.78, 5) is 17.7. The molecule has 0 fully saturated rings. The minimum atomic E-state index is -0.272. The molecule has 0 saturated heterocycles. The van der Waals surface area contributed by atoms with Gasteiger partial charge in [0.1, 0.15) is 6.26 Å². The molecule has 0 aliphatic carbocycles. The fraction of sp³-hybridized carbons (Fsp3) is 0.176. The molecule has 0 unspecified atom stereocenters. The van der Waals surface area contributed by atoms with Crippen LogP contribution in [-0.2, 0) is 6.54 Å². The van der Waals surface area contributed by atoms with Gasteiger partial charge in [-0.1, -0.05) is 12.1 Å². The maximum absolute atomic E-state index is 12.4. The van der Waals surface area contributed by atoms with E-state index in [0.717, 1.165) is 4.88 Å². The number of benzene rings is 1. The van der Waals surface area contributed by atoms with E-state index in [9.17, 15) is 4.79 Å². The van der Waals surface area contributed by atoms with Gasteiger partial charge in [-0.3, -0.25) is 4.79 Å². The largest absolute Gasteiger partial charge is 0.493 e. The summed E-state index contributed by atoms with van der Waals surface area (Å²) >= 11 is 1.55. The van der Waals surface area contributed by atoms with Crippen LogP contribution in [0.25, 0.3) is 10.8 Å². The van der Waals surface area contributed by atoms with Gasteiger partial charge in [0.15, 0.2) is 11.5 Å². The van der Waals surface area contributed by atoms with E-state index in [1.165, 1.54) is 20.5 Å². The Hall–Kier alpha value is -2.80. The van der Waals surface area contributed by atoms with Crippen molar-refractivity contribution in [2.24, 2.45) is 0 Å². The highest BCUT2D eigenvalue weighted by Gasteiger charge is 2.16. The number of thiophene rings is 1. The molecule has 2 heterocycles. The summed E-state index contributed by atoms with van der Waals surface area (Å²) in [6.45, 7) is 0.258. The van der Waals surface area contributed by atoms with Gasteiger partial charge in [-0.15, -0.1) is 11.3 Å². The summed E-state index contributed by atoms with van der Waals surface area (Å²) in [7, 11) is 3.03. The first kappa shape index (κ1) is 16.1. The number of ether oxygens (including phenoxy) is 2. The number of amides is 1. The highest BCUT2D eigenvalue weighted by atomic mass is 32.1. The number of carbonyl (C=O) groups excluding carboxylic acids is 1. The van der Waals surface area contributed by atoms with Crippen LogP contribution in [0.5, 0.6) is 11.5 Å². The van der Waals surface area contributed by atoms with Gasteiger partial charge in [0, 0.05) is 0 Å². The molecule has 24 heavy (non-hydrogen) atoms. The normalized spacial score (nSPS) is 10.4. The average Bonchev–Trinajstić information content (AvgIpc) is 3.29. The molecule has 0 saturated carbocycles. The number of hydrogen-bond donors (Lipinski definition) is 1. The number of para-hydroxylation sites is 1. The van der Waals surface area contributed by atoms with E-state index in [-0.39, 0.29) is 12.5 Å². The van der Waals surface area contributed by atoms with Crippen LogP contribution in [0.15, 0.2) is 46.4 Å². The van der Waals surface area contributed by atoms with Gasteiger partial charge in [-0.25, -0.2) is 4.98 Å². The third kappa shape index (κ3) is 3.26. The lowest BCUT2D eigenvalue weighted by Crippen LogP contribution is -2.23. The molecule has 1 aromatic carbocycles. The quantitative estimate of drug-likeness (QED) is 0.742. The smallest absolute Gasteiger partial charge is 0.255 e. The van der Waals surface area contributed by atoms with Crippen molar-refractivity contribution in [2.45, 2.75) is 6.54 Å². The number of nitrogens with zero attached hydrogens (tertiary/aromatic N) is 1. The first-order valence-electron chi connectivity index (χ1n) is 7.20. The SMILES string of the molecule is COc1cccc(C(=O)NCc2coc(-c3cccs3)n2)c1OC. The Labute approximate surface area is 143 Å². The molecule has 0 bridgehead atoms. The average molecular weight is 344 g/mol. The maximum atomic E-state index is 12.4. The van der Waals surface area contributed by atoms with Gasteiger partial charge >= 0.3 is 0 Å². The fourth-order valence-electron chi connectivity index (χ4n) is 2.23. The second-order valence-corrected chi connectivity index (χ2v) is 5.79. The van der Waals surface area contributed by atoms with Crippen LogP contribution in [0.4, 0.5) is 0 Å². The van der Waals surface area contributed by atoms with E-state index >= 15 is 0 Å². The molecular formula is C17H16N2O4S. The molecule has 124 valence electrons.